The van der Waals surface area contributed by atoms with Crippen LogP contribution in [0.3, 0.4) is 0 Å². The maximum Gasteiger partial charge on any atom is 0.237 e. The maximum atomic E-state index is 12.3. The Morgan fingerprint density at radius 3 is 2.83 bits per heavy atom. The number of nitrogens with zero attached hydrogens (tertiary/aromatic N) is 2. The molecule has 1 amide bonds. The van der Waals surface area contributed by atoms with Crippen molar-refractivity contribution in [3.8, 4) is 5.75 Å². The number of methoxy groups -OCH3 is 1. The Labute approximate surface area is 148 Å². The van der Waals surface area contributed by atoms with Crippen LogP contribution in [-0.4, -0.2) is 34.2 Å². The molecule has 0 bridgehead atoms. The molecule has 1 aromatic carbocycles. The lowest BCUT2D eigenvalue weighted by Crippen LogP contribution is -2.22. The summed E-state index contributed by atoms with van der Waals surface area (Å²) in [6, 6.07) is 7.36. The highest BCUT2D eigenvalue weighted by Crippen LogP contribution is 2.32. The standard InChI is InChI=1S/C15H19N3O2S3/c1-4-9-21-14-17-18-15(23-14)22-10(2)13(19)16-11-7-5-6-8-12(11)20-3/h5-8,10H,4,9H2,1-3H3,(H,16,19)/t10-/m0/s1. The second-order valence-corrected chi connectivity index (χ2v) is 8.54. The molecule has 124 valence electrons. The predicted molar refractivity (Wildman–Crippen MR) is 97.9 cm³/mol. The molecule has 23 heavy (non-hydrogen) atoms. The fourth-order valence-corrected chi connectivity index (χ4v) is 4.77. The average Bonchev–Trinajstić information content (AvgIpc) is 3.00. The highest BCUT2D eigenvalue weighted by atomic mass is 32.2. The largest absolute Gasteiger partial charge is 0.495 e. The first-order valence-corrected chi connectivity index (χ1v) is 9.89. The summed E-state index contributed by atoms with van der Waals surface area (Å²) < 4.78 is 7.00. The van der Waals surface area contributed by atoms with E-state index in [0.29, 0.717) is 11.4 Å². The number of amides is 1. The molecule has 0 aliphatic carbocycles. The molecule has 1 heterocycles. The number of hydrogen-bond acceptors (Lipinski definition) is 7. The monoisotopic (exact) mass is 369 g/mol. The van der Waals surface area contributed by atoms with Gasteiger partial charge in [0.2, 0.25) is 5.91 Å². The van der Waals surface area contributed by atoms with Gasteiger partial charge in [-0.25, -0.2) is 0 Å². The van der Waals surface area contributed by atoms with Gasteiger partial charge in [0, 0.05) is 5.75 Å². The number of carbonyl (C=O) groups is 1. The second kappa shape index (κ2) is 9.14. The summed E-state index contributed by atoms with van der Waals surface area (Å²) in [5.41, 5.74) is 0.670. The summed E-state index contributed by atoms with van der Waals surface area (Å²) >= 11 is 4.65. The lowest BCUT2D eigenvalue weighted by molar-refractivity contribution is -0.115. The van der Waals surface area contributed by atoms with Crippen molar-refractivity contribution in [1.82, 2.24) is 10.2 Å². The van der Waals surface area contributed by atoms with E-state index in [-0.39, 0.29) is 11.2 Å². The minimum atomic E-state index is -0.267. The summed E-state index contributed by atoms with van der Waals surface area (Å²) in [6.45, 7) is 3.99. The Hall–Kier alpha value is -1.25. The topological polar surface area (TPSA) is 64.1 Å². The number of benzene rings is 1. The summed E-state index contributed by atoms with van der Waals surface area (Å²) in [4.78, 5) is 12.3. The molecular weight excluding hydrogens is 350 g/mol. The van der Waals surface area contributed by atoms with E-state index in [1.54, 1.807) is 18.9 Å². The van der Waals surface area contributed by atoms with Crippen molar-refractivity contribution in [3.05, 3.63) is 24.3 Å². The van der Waals surface area contributed by atoms with Crippen LogP contribution in [0.1, 0.15) is 20.3 Å². The smallest absolute Gasteiger partial charge is 0.237 e. The Morgan fingerprint density at radius 1 is 1.35 bits per heavy atom. The molecule has 0 radical (unpaired) electrons. The van der Waals surface area contributed by atoms with Crippen LogP contribution in [0.25, 0.3) is 0 Å². The van der Waals surface area contributed by atoms with Crippen LogP contribution in [0.15, 0.2) is 32.9 Å². The molecule has 1 atom stereocenters. The first-order chi connectivity index (χ1) is 11.1. The molecule has 5 nitrogen and oxygen atoms in total. The average molecular weight is 370 g/mol. The third kappa shape index (κ3) is 5.40. The van der Waals surface area contributed by atoms with Crippen LogP contribution >= 0.6 is 34.9 Å². The number of hydrogen-bond donors (Lipinski definition) is 1. The highest BCUT2D eigenvalue weighted by Gasteiger charge is 2.18. The number of thioether (sulfide) groups is 2. The van der Waals surface area contributed by atoms with Gasteiger partial charge in [-0.15, -0.1) is 10.2 Å². The van der Waals surface area contributed by atoms with Crippen LogP contribution in [0.5, 0.6) is 5.75 Å². The fourth-order valence-electron chi connectivity index (χ4n) is 1.68. The van der Waals surface area contributed by atoms with E-state index < -0.39 is 0 Å². The lowest BCUT2D eigenvalue weighted by Gasteiger charge is -2.12. The van der Waals surface area contributed by atoms with Crippen LogP contribution in [-0.2, 0) is 4.79 Å². The van der Waals surface area contributed by atoms with Gasteiger partial charge in [-0.05, 0) is 25.5 Å². The van der Waals surface area contributed by atoms with Gasteiger partial charge >= 0.3 is 0 Å². The van der Waals surface area contributed by atoms with E-state index in [1.165, 1.54) is 23.1 Å². The number of rotatable bonds is 8. The van der Waals surface area contributed by atoms with Gasteiger partial charge in [0.15, 0.2) is 8.68 Å². The molecule has 8 heteroatoms. The normalized spacial score (nSPS) is 12.0. The molecule has 2 aromatic rings. The van der Waals surface area contributed by atoms with Crippen LogP contribution in [0.2, 0.25) is 0 Å². The van der Waals surface area contributed by atoms with Gasteiger partial charge in [-0.1, -0.05) is 53.9 Å². The molecule has 0 fully saturated rings. The molecule has 1 aromatic heterocycles. The van der Waals surface area contributed by atoms with Gasteiger partial charge < -0.3 is 10.1 Å². The molecule has 0 saturated heterocycles. The first kappa shape index (κ1) is 18.1. The zero-order chi connectivity index (χ0) is 16.7. The molecular formula is C15H19N3O2S3. The van der Waals surface area contributed by atoms with E-state index >= 15 is 0 Å². The zero-order valence-electron chi connectivity index (χ0n) is 13.2. The number of anilines is 1. The lowest BCUT2D eigenvalue weighted by atomic mass is 10.3. The van der Waals surface area contributed by atoms with Crippen LogP contribution < -0.4 is 10.1 Å². The summed E-state index contributed by atoms with van der Waals surface area (Å²) in [5, 5.41) is 10.9. The summed E-state index contributed by atoms with van der Waals surface area (Å²) in [7, 11) is 1.58. The van der Waals surface area contributed by atoms with Crippen molar-refractivity contribution in [2.75, 3.05) is 18.2 Å². The Balaban J connectivity index is 1.93. The van der Waals surface area contributed by atoms with Crippen molar-refractivity contribution in [2.45, 2.75) is 34.2 Å². The van der Waals surface area contributed by atoms with Crippen molar-refractivity contribution >= 4 is 46.5 Å². The fraction of sp³-hybridized carbons (Fsp3) is 0.400. The van der Waals surface area contributed by atoms with E-state index in [9.17, 15) is 4.79 Å². The zero-order valence-corrected chi connectivity index (χ0v) is 15.7. The summed E-state index contributed by atoms with van der Waals surface area (Å²) in [6.07, 6.45) is 1.10. The number of ether oxygens (including phenoxy) is 1. The van der Waals surface area contributed by atoms with Crippen molar-refractivity contribution in [1.29, 1.82) is 0 Å². The molecule has 2 rings (SSSR count). The van der Waals surface area contributed by atoms with Gasteiger partial charge in [0.25, 0.3) is 0 Å². The second-order valence-electron chi connectivity index (χ2n) is 4.63. The van der Waals surface area contributed by atoms with Crippen LogP contribution in [0, 0.1) is 0 Å². The summed E-state index contributed by atoms with van der Waals surface area (Å²) in [5.74, 6) is 1.59. The molecule has 0 saturated carbocycles. The Morgan fingerprint density at radius 2 is 2.09 bits per heavy atom. The predicted octanol–water partition coefficient (Wildman–Crippen LogP) is 4.17. The Kier molecular flexibility index (Phi) is 7.19. The van der Waals surface area contributed by atoms with E-state index in [0.717, 1.165) is 20.9 Å². The van der Waals surface area contributed by atoms with Crippen molar-refractivity contribution in [3.63, 3.8) is 0 Å². The first-order valence-electron chi connectivity index (χ1n) is 7.21. The van der Waals surface area contributed by atoms with Gasteiger partial charge in [0.05, 0.1) is 18.0 Å². The minimum absolute atomic E-state index is 0.0857. The number of carbonyl (C=O) groups excluding carboxylic acids is 1. The van der Waals surface area contributed by atoms with E-state index in [1.807, 2.05) is 31.2 Å². The number of nitrogens with one attached hydrogen (secondary N) is 1. The van der Waals surface area contributed by atoms with Crippen LogP contribution in [0.4, 0.5) is 5.69 Å². The maximum absolute atomic E-state index is 12.3. The van der Waals surface area contributed by atoms with E-state index in [4.69, 9.17) is 4.74 Å². The number of para-hydroxylation sites is 2. The highest BCUT2D eigenvalue weighted by molar-refractivity contribution is 8.03. The molecule has 1 N–H and O–H groups in total. The minimum Gasteiger partial charge on any atom is -0.495 e. The van der Waals surface area contributed by atoms with Gasteiger partial charge in [-0.3, -0.25) is 4.79 Å². The molecule has 0 unspecified atom stereocenters. The third-order valence-corrected chi connectivity index (χ3v) is 6.28. The van der Waals surface area contributed by atoms with Crippen molar-refractivity contribution < 1.29 is 9.53 Å². The third-order valence-electron chi connectivity index (χ3n) is 2.83. The SMILES string of the molecule is CCCSc1nnc(S[C@@H](C)C(=O)Nc2ccccc2OC)s1. The molecule has 0 aliphatic heterocycles. The van der Waals surface area contributed by atoms with Gasteiger partial charge in [0.1, 0.15) is 5.75 Å². The molecule has 0 spiro atoms. The van der Waals surface area contributed by atoms with Crippen molar-refractivity contribution in [2.24, 2.45) is 0 Å². The number of aromatic nitrogens is 2. The van der Waals surface area contributed by atoms with E-state index in [2.05, 4.69) is 22.4 Å². The quantitative estimate of drug-likeness (QED) is 0.705. The Bertz CT molecular complexity index is 648. The van der Waals surface area contributed by atoms with Gasteiger partial charge in [-0.2, -0.15) is 0 Å². The molecule has 0 aliphatic rings.